The minimum Gasteiger partial charge on any atom is -0.310 e. The topological polar surface area (TPSA) is 46.2 Å². The van der Waals surface area contributed by atoms with Crippen molar-refractivity contribution in [1.82, 2.24) is 5.32 Å². The van der Waals surface area contributed by atoms with E-state index in [-0.39, 0.29) is 6.04 Å². The van der Waals surface area contributed by atoms with Gasteiger partial charge in [0.15, 0.2) is 9.84 Å². The standard InChI is InChI=1S/C17H23NO2S/c1-12(14-5-7-17(8-6-14)21(2,19)20)18-11-16-10-13-3-4-15(16)9-13/h3-8,12-13,15-16,18H,9-11H2,1-2H3/t12-,13+,15+,16-/m1/s1. The predicted molar refractivity (Wildman–Crippen MR) is 84.8 cm³/mol. The summed E-state index contributed by atoms with van der Waals surface area (Å²) in [4.78, 5) is 0.386. The van der Waals surface area contributed by atoms with Crippen LogP contribution in [0.5, 0.6) is 0 Å². The molecule has 0 saturated heterocycles. The molecule has 2 aliphatic rings. The Morgan fingerprint density at radius 3 is 2.43 bits per heavy atom. The van der Waals surface area contributed by atoms with Crippen molar-refractivity contribution in [3.05, 3.63) is 42.0 Å². The van der Waals surface area contributed by atoms with E-state index >= 15 is 0 Å². The van der Waals surface area contributed by atoms with Crippen molar-refractivity contribution in [1.29, 1.82) is 0 Å². The molecule has 4 atom stereocenters. The number of rotatable bonds is 5. The zero-order chi connectivity index (χ0) is 15.0. The molecule has 0 amide bonds. The summed E-state index contributed by atoms with van der Waals surface area (Å²) in [5.74, 6) is 2.34. The van der Waals surface area contributed by atoms with Gasteiger partial charge in [-0.15, -0.1) is 0 Å². The molecule has 2 bridgehead atoms. The lowest BCUT2D eigenvalue weighted by Crippen LogP contribution is -2.27. The van der Waals surface area contributed by atoms with Crippen LogP contribution in [0.4, 0.5) is 0 Å². The second-order valence-electron chi connectivity index (χ2n) is 6.51. The minimum absolute atomic E-state index is 0.252. The fourth-order valence-electron chi connectivity index (χ4n) is 3.58. The SMILES string of the molecule is C[C@@H](NC[C@H]1C[C@H]2C=C[C@H]1C2)c1ccc(S(C)(=O)=O)cc1. The first kappa shape index (κ1) is 14.8. The summed E-state index contributed by atoms with van der Waals surface area (Å²) >= 11 is 0. The Morgan fingerprint density at radius 2 is 1.90 bits per heavy atom. The quantitative estimate of drug-likeness (QED) is 0.851. The molecule has 3 rings (SSSR count). The molecule has 0 aliphatic heterocycles. The molecule has 1 N–H and O–H groups in total. The van der Waals surface area contributed by atoms with Gasteiger partial charge >= 0.3 is 0 Å². The van der Waals surface area contributed by atoms with E-state index in [9.17, 15) is 8.42 Å². The number of hydrogen-bond donors (Lipinski definition) is 1. The van der Waals surface area contributed by atoms with E-state index in [0.717, 1.165) is 29.9 Å². The van der Waals surface area contributed by atoms with Crippen LogP contribution in [0, 0.1) is 17.8 Å². The summed E-state index contributed by atoms with van der Waals surface area (Å²) in [6.45, 7) is 3.18. The van der Waals surface area contributed by atoms with Gasteiger partial charge in [0.1, 0.15) is 0 Å². The summed E-state index contributed by atoms with van der Waals surface area (Å²) < 4.78 is 22.9. The Bertz CT molecular complexity index is 633. The van der Waals surface area contributed by atoms with E-state index in [4.69, 9.17) is 0 Å². The highest BCUT2D eigenvalue weighted by Gasteiger charge is 2.35. The lowest BCUT2D eigenvalue weighted by atomic mass is 9.93. The van der Waals surface area contributed by atoms with Gasteiger partial charge < -0.3 is 5.32 Å². The first-order chi connectivity index (χ1) is 9.93. The fourth-order valence-corrected chi connectivity index (χ4v) is 4.21. The van der Waals surface area contributed by atoms with Crippen molar-refractivity contribution in [2.75, 3.05) is 12.8 Å². The fraction of sp³-hybridized carbons (Fsp3) is 0.529. The van der Waals surface area contributed by atoms with E-state index in [1.165, 1.54) is 19.1 Å². The normalized spacial score (nSPS) is 29.0. The molecule has 4 heteroatoms. The van der Waals surface area contributed by atoms with Crippen molar-refractivity contribution in [2.45, 2.75) is 30.7 Å². The van der Waals surface area contributed by atoms with Gasteiger partial charge in [0.25, 0.3) is 0 Å². The Labute approximate surface area is 127 Å². The van der Waals surface area contributed by atoms with Gasteiger partial charge in [0.2, 0.25) is 0 Å². The average Bonchev–Trinajstić information content (AvgIpc) is 3.06. The van der Waals surface area contributed by atoms with Gasteiger partial charge in [-0.3, -0.25) is 0 Å². The first-order valence-corrected chi connectivity index (χ1v) is 9.54. The maximum Gasteiger partial charge on any atom is 0.175 e. The summed E-state index contributed by atoms with van der Waals surface area (Å²) in [6.07, 6.45) is 8.64. The highest BCUT2D eigenvalue weighted by atomic mass is 32.2. The van der Waals surface area contributed by atoms with Crippen LogP contribution in [-0.2, 0) is 9.84 Å². The lowest BCUT2D eigenvalue weighted by molar-refractivity contribution is 0.393. The highest BCUT2D eigenvalue weighted by molar-refractivity contribution is 7.90. The molecule has 2 aliphatic carbocycles. The van der Waals surface area contributed by atoms with Crippen molar-refractivity contribution in [2.24, 2.45) is 17.8 Å². The van der Waals surface area contributed by atoms with Crippen LogP contribution in [-0.4, -0.2) is 21.2 Å². The van der Waals surface area contributed by atoms with Crippen LogP contribution in [0.15, 0.2) is 41.3 Å². The third-order valence-corrected chi connectivity index (χ3v) is 6.04. The predicted octanol–water partition coefficient (Wildman–Crippen LogP) is 2.95. The van der Waals surface area contributed by atoms with Crippen LogP contribution < -0.4 is 5.32 Å². The molecule has 1 aromatic carbocycles. The molecular weight excluding hydrogens is 282 g/mol. The van der Waals surface area contributed by atoms with E-state index < -0.39 is 9.84 Å². The summed E-state index contributed by atoms with van der Waals surface area (Å²) in [5, 5.41) is 3.60. The molecule has 21 heavy (non-hydrogen) atoms. The average molecular weight is 305 g/mol. The Morgan fingerprint density at radius 1 is 1.19 bits per heavy atom. The maximum absolute atomic E-state index is 11.5. The number of allylic oxidation sites excluding steroid dienone is 2. The Balaban J connectivity index is 1.58. The van der Waals surface area contributed by atoms with E-state index in [1.54, 1.807) is 12.1 Å². The van der Waals surface area contributed by atoms with Crippen LogP contribution in [0.3, 0.4) is 0 Å². The molecular formula is C17H23NO2S. The van der Waals surface area contributed by atoms with Gasteiger partial charge in [-0.1, -0.05) is 24.3 Å². The zero-order valence-corrected chi connectivity index (χ0v) is 13.4. The molecule has 0 heterocycles. The number of benzene rings is 1. The maximum atomic E-state index is 11.5. The summed E-state index contributed by atoms with van der Waals surface area (Å²) in [5.41, 5.74) is 1.14. The first-order valence-electron chi connectivity index (χ1n) is 7.65. The third kappa shape index (κ3) is 3.22. The van der Waals surface area contributed by atoms with Gasteiger partial charge in [0.05, 0.1) is 4.90 Å². The zero-order valence-electron chi connectivity index (χ0n) is 12.6. The Hall–Kier alpha value is -1.13. The van der Waals surface area contributed by atoms with E-state index in [2.05, 4.69) is 24.4 Å². The number of fused-ring (bicyclic) bond motifs is 2. The molecule has 1 aromatic rings. The van der Waals surface area contributed by atoms with Crippen molar-refractivity contribution in [3.8, 4) is 0 Å². The van der Waals surface area contributed by atoms with Crippen LogP contribution in [0.1, 0.15) is 31.4 Å². The summed E-state index contributed by atoms with van der Waals surface area (Å²) in [6, 6.07) is 7.47. The van der Waals surface area contributed by atoms with Crippen molar-refractivity contribution >= 4 is 9.84 Å². The van der Waals surface area contributed by atoms with Gasteiger partial charge in [-0.25, -0.2) is 8.42 Å². The van der Waals surface area contributed by atoms with E-state index in [0.29, 0.717) is 4.90 Å². The molecule has 0 aromatic heterocycles. The monoisotopic (exact) mass is 305 g/mol. The minimum atomic E-state index is -3.10. The molecule has 1 saturated carbocycles. The Kier molecular flexibility index (Phi) is 3.93. The smallest absolute Gasteiger partial charge is 0.175 e. The van der Waals surface area contributed by atoms with Gasteiger partial charge in [-0.2, -0.15) is 0 Å². The van der Waals surface area contributed by atoms with Crippen LogP contribution in [0.25, 0.3) is 0 Å². The summed E-state index contributed by atoms with van der Waals surface area (Å²) in [7, 11) is -3.10. The van der Waals surface area contributed by atoms with E-state index in [1.807, 2.05) is 12.1 Å². The lowest BCUT2D eigenvalue weighted by Gasteiger charge is -2.22. The number of sulfone groups is 1. The van der Waals surface area contributed by atoms with Crippen molar-refractivity contribution in [3.63, 3.8) is 0 Å². The molecule has 1 fully saturated rings. The largest absolute Gasteiger partial charge is 0.310 e. The highest BCUT2D eigenvalue weighted by Crippen LogP contribution is 2.43. The third-order valence-electron chi connectivity index (χ3n) is 4.91. The van der Waals surface area contributed by atoms with Crippen LogP contribution >= 0.6 is 0 Å². The van der Waals surface area contributed by atoms with Gasteiger partial charge in [-0.05, 0) is 61.8 Å². The molecule has 0 spiro atoms. The molecule has 114 valence electrons. The number of nitrogens with one attached hydrogen (secondary N) is 1. The molecule has 0 unspecified atom stereocenters. The molecule has 3 nitrogen and oxygen atoms in total. The second-order valence-corrected chi connectivity index (χ2v) is 8.53. The van der Waals surface area contributed by atoms with Gasteiger partial charge in [0, 0.05) is 12.3 Å². The second kappa shape index (κ2) is 5.58. The molecule has 0 radical (unpaired) electrons. The van der Waals surface area contributed by atoms with Crippen molar-refractivity contribution < 1.29 is 8.42 Å². The number of hydrogen-bond acceptors (Lipinski definition) is 3. The van der Waals surface area contributed by atoms with Crippen LogP contribution in [0.2, 0.25) is 0 Å².